The molecule has 4 rings (SSSR count). The van der Waals surface area contributed by atoms with Crippen LogP contribution in [-0.4, -0.2) is 79.4 Å². The van der Waals surface area contributed by atoms with Crippen LogP contribution in [0.25, 0.3) is 0 Å². The van der Waals surface area contributed by atoms with E-state index in [0.717, 1.165) is 43.8 Å². The number of hydrogen-bond donors (Lipinski definition) is 0. The molecule has 1 aromatic heterocycles. The number of anilines is 2. The Hall–Kier alpha value is -2.87. The van der Waals surface area contributed by atoms with Crippen molar-refractivity contribution in [3.63, 3.8) is 0 Å². The highest BCUT2D eigenvalue weighted by Gasteiger charge is 2.27. The number of aryl methyl sites for hydroxylation is 1. The molecule has 1 atom stereocenters. The summed E-state index contributed by atoms with van der Waals surface area (Å²) in [5.74, 6) is 2.40. The number of benzene rings is 1. The molecule has 2 aromatic rings. The molecule has 8 heteroatoms. The van der Waals surface area contributed by atoms with Gasteiger partial charge in [-0.3, -0.25) is 4.79 Å². The first-order valence-corrected chi connectivity index (χ1v) is 10.5. The monoisotopic (exact) mass is 411 g/mol. The van der Waals surface area contributed by atoms with Gasteiger partial charge in [0.15, 0.2) is 6.10 Å². The summed E-state index contributed by atoms with van der Waals surface area (Å²) in [5, 5.41) is 0. The van der Waals surface area contributed by atoms with Gasteiger partial charge in [-0.1, -0.05) is 18.2 Å². The fourth-order valence-electron chi connectivity index (χ4n) is 3.77. The Bertz CT molecular complexity index is 849. The van der Waals surface area contributed by atoms with Gasteiger partial charge in [0, 0.05) is 51.0 Å². The zero-order valence-corrected chi connectivity index (χ0v) is 17.7. The third-order valence-corrected chi connectivity index (χ3v) is 5.44. The number of morpholine rings is 1. The maximum absolute atomic E-state index is 12.8. The third-order valence-electron chi connectivity index (χ3n) is 5.44. The van der Waals surface area contributed by atoms with Gasteiger partial charge in [-0.2, -0.15) is 4.98 Å². The van der Waals surface area contributed by atoms with E-state index in [1.165, 1.54) is 0 Å². The van der Waals surface area contributed by atoms with Gasteiger partial charge >= 0.3 is 0 Å². The van der Waals surface area contributed by atoms with Crippen molar-refractivity contribution in [3.05, 3.63) is 42.1 Å². The topological polar surface area (TPSA) is 71.0 Å². The molecule has 0 unspecified atom stereocenters. The molecular formula is C22H29N5O3. The molecule has 3 heterocycles. The Morgan fingerprint density at radius 2 is 1.70 bits per heavy atom. The second-order valence-corrected chi connectivity index (χ2v) is 7.65. The summed E-state index contributed by atoms with van der Waals surface area (Å²) < 4.78 is 11.2. The van der Waals surface area contributed by atoms with Crippen molar-refractivity contribution < 1.29 is 14.3 Å². The Kier molecular flexibility index (Phi) is 6.32. The molecule has 0 radical (unpaired) electrons. The molecule has 2 fully saturated rings. The molecule has 0 aliphatic carbocycles. The highest BCUT2D eigenvalue weighted by Crippen LogP contribution is 2.20. The lowest BCUT2D eigenvalue weighted by atomic mass is 10.2. The summed E-state index contributed by atoms with van der Waals surface area (Å²) in [5.41, 5.74) is 0.949. The summed E-state index contributed by atoms with van der Waals surface area (Å²) in [6.45, 7) is 9.61. The molecule has 2 aliphatic heterocycles. The Morgan fingerprint density at radius 3 is 2.40 bits per heavy atom. The van der Waals surface area contributed by atoms with Crippen LogP contribution in [-0.2, 0) is 9.53 Å². The van der Waals surface area contributed by atoms with E-state index in [2.05, 4.69) is 14.8 Å². The number of piperazine rings is 1. The highest BCUT2D eigenvalue weighted by molar-refractivity contribution is 5.81. The molecule has 0 saturated carbocycles. The molecule has 30 heavy (non-hydrogen) atoms. The van der Waals surface area contributed by atoms with E-state index >= 15 is 0 Å². The zero-order valence-electron chi connectivity index (χ0n) is 17.7. The van der Waals surface area contributed by atoms with Crippen molar-refractivity contribution in [2.75, 3.05) is 62.3 Å². The highest BCUT2D eigenvalue weighted by atomic mass is 16.5. The van der Waals surface area contributed by atoms with Crippen molar-refractivity contribution in [2.45, 2.75) is 20.0 Å². The smallest absolute Gasteiger partial charge is 0.263 e. The molecule has 2 saturated heterocycles. The third kappa shape index (κ3) is 4.81. The van der Waals surface area contributed by atoms with Crippen molar-refractivity contribution >= 4 is 17.7 Å². The lowest BCUT2D eigenvalue weighted by Gasteiger charge is -2.36. The van der Waals surface area contributed by atoms with E-state index < -0.39 is 6.10 Å². The second kappa shape index (κ2) is 9.30. The predicted molar refractivity (Wildman–Crippen MR) is 115 cm³/mol. The van der Waals surface area contributed by atoms with E-state index in [1.807, 2.05) is 48.2 Å². The van der Waals surface area contributed by atoms with Crippen molar-refractivity contribution in [2.24, 2.45) is 0 Å². The second-order valence-electron chi connectivity index (χ2n) is 7.65. The van der Waals surface area contributed by atoms with Crippen LogP contribution >= 0.6 is 0 Å². The average Bonchev–Trinajstić information content (AvgIpc) is 2.79. The van der Waals surface area contributed by atoms with Crippen molar-refractivity contribution in [1.29, 1.82) is 0 Å². The Balaban J connectivity index is 1.36. The van der Waals surface area contributed by atoms with E-state index in [1.54, 1.807) is 6.92 Å². The number of carbonyl (C=O) groups is 1. The van der Waals surface area contributed by atoms with Crippen LogP contribution in [0, 0.1) is 6.92 Å². The van der Waals surface area contributed by atoms with Gasteiger partial charge in [0.1, 0.15) is 11.6 Å². The first-order valence-electron chi connectivity index (χ1n) is 10.5. The Morgan fingerprint density at radius 1 is 1.00 bits per heavy atom. The summed E-state index contributed by atoms with van der Waals surface area (Å²) >= 11 is 0. The summed E-state index contributed by atoms with van der Waals surface area (Å²) in [4.78, 5) is 28.5. The van der Waals surface area contributed by atoms with E-state index in [-0.39, 0.29) is 5.91 Å². The maximum Gasteiger partial charge on any atom is 0.263 e. The van der Waals surface area contributed by atoms with E-state index in [9.17, 15) is 4.79 Å². The van der Waals surface area contributed by atoms with Crippen LogP contribution in [0.15, 0.2) is 36.4 Å². The predicted octanol–water partition coefficient (Wildman–Crippen LogP) is 1.74. The molecule has 1 aromatic carbocycles. The van der Waals surface area contributed by atoms with E-state index in [0.29, 0.717) is 31.9 Å². The van der Waals surface area contributed by atoms with Gasteiger partial charge in [0.25, 0.3) is 5.91 Å². The number of carbonyl (C=O) groups excluding carboxylic acids is 1. The van der Waals surface area contributed by atoms with Gasteiger partial charge in [0.2, 0.25) is 5.95 Å². The van der Waals surface area contributed by atoms with Crippen molar-refractivity contribution in [1.82, 2.24) is 14.9 Å². The van der Waals surface area contributed by atoms with Crippen LogP contribution in [0.3, 0.4) is 0 Å². The number of aromatic nitrogens is 2. The zero-order chi connectivity index (χ0) is 20.9. The molecular weight excluding hydrogens is 382 g/mol. The van der Waals surface area contributed by atoms with Gasteiger partial charge in [-0.15, -0.1) is 0 Å². The molecule has 160 valence electrons. The summed E-state index contributed by atoms with van der Waals surface area (Å²) in [6, 6.07) is 11.5. The lowest BCUT2D eigenvalue weighted by molar-refractivity contribution is -0.138. The standard InChI is InChI=1S/C22H29N5O3/c1-17-16-20(25-12-14-29-15-13-25)24-22(23-17)27-10-8-26(9-11-27)21(28)18(2)30-19-6-4-3-5-7-19/h3-7,16,18H,8-15H2,1-2H3/t18-/m1/s1. The molecule has 0 N–H and O–H groups in total. The van der Waals surface area contributed by atoms with E-state index in [4.69, 9.17) is 14.5 Å². The maximum atomic E-state index is 12.8. The summed E-state index contributed by atoms with van der Waals surface area (Å²) in [6.07, 6.45) is -0.512. The average molecular weight is 412 g/mol. The fourth-order valence-corrected chi connectivity index (χ4v) is 3.77. The fraction of sp³-hybridized carbons (Fsp3) is 0.500. The SMILES string of the molecule is Cc1cc(N2CCOCC2)nc(N2CCN(C(=O)[C@@H](C)Oc3ccccc3)CC2)n1. The Labute approximate surface area is 177 Å². The number of amides is 1. The van der Waals surface area contributed by atoms with Crippen LogP contribution < -0.4 is 14.5 Å². The van der Waals surface area contributed by atoms with Gasteiger partial charge in [-0.05, 0) is 26.0 Å². The first kappa shape index (κ1) is 20.4. The van der Waals surface area contributed by atoms with Crippen molar-refractivity contribution in [3.8, 4) is 5.75 Å². The van der Waals surface area contributed by atoms with Gasteiger partial charge in [-0.25, -0.2) is 4.98 Å². The minimum Gasteiger partial charge on any atom is -0.481 e. The number of ether oxygens (including phenoxy) is 2. The molecule has 1 amide bonds. The molecule has 0 bridgehead atoms. The quantitative estimate of drug-likeness (QED) is 0.742. The minimum absolute atomic E-state index is 0.0117. The molecule has 8 nitrogen and oxygen atoms in total. The number of nitrogens with zero attached hydrogens (tertiary/aromatic N) is 5. The van der Waals surface area contributed by atoms with Crippen LogP contribution in [0.4, 0.5) is 11.8 Å². The first-order chi connectivity index (χ1) is 14.6. The molecule has 0 spiro atoms. The van der Waals surface area contributed by atoms with Crippen LogP contribution in [0.1, 0.15) is 12.6 Å². The number of para-hydroxylation sites is 1. The lowest BCUT2D eigenvalue weighted by Crippen LogP contribution is -2.52. The van der Waals surface area contributed by atoms with Crippen LogP contribution in [0.5, 0.6) is 5.75 Å². The molecule has 2 aliphatic rings. The number of rotatable bonds is 5. The largest absolute Gasteiger partial charge is 0.481 e. The summed E-state index contributed by atoms with van der Waals surface area (Å²) in [7, 11) is 0. The van der Waals surface area contributed by atoms with Crippen LogP contribution in [0.2, 0.25) is 0 Å². The van der Waals surface area contributed by atoms with Gasteiger partial charge in [0.05, 0.1) is 13.2 Å². The normalized spacial score (nSPS) is 18.3. The minimum atomic E-state index is -0.512. The van der Waals surface area contributed by atoms with Gasteiger partial charge < -0.3 is 24.2 Å². The number of hydrogen-bond acceptors (Lipinski definition) is 7.